The summed E-state index contributed by atoms with van der Waals surface area (Å²) in [4.78, 5) is 0. The average molecular weight is 128 g/mol. The van der Waals surface area contributed by atoms with Crippen molar-refractivity contribution in [3.8, 4) is 0 Å². The lowest BCUT2D eigenvalue weighted by atomic mass is 9.98. The minimum atomic E-state index is -0.196. The van der Waals surface area contributed by atoms with Crippen molar-refractivity contribution in [1.29, 1.82) is 0 Å². The van der Waals surface area contributed by atoms with Crippen molar-refractivity contribution in [2.24, 2.45) is 11.8 Å². The molecule has 0 saturated heterocycles. The molecule has 0 spiro atoms. The Morgan fingerprint density at radius 2 is 1.89 bits per heavy atom. The highest BCUT2D eigenvalue weighted by atomic mass is 16.3. The number of aliphatic hydroxyl groups excluding tert-OH is 2. The Kier molecular flexibility index (Phi) is 1.08. The maximum Gasteiger partial charge on any atom is 0.0622 e. The maximum atomic E-state index is 9.34. The molecule has 0 aromatic carbocycles. The van der Waals surface area contributed by atoms with Crippen molar-refractivity contribution < 1.29 is 10.2 Å². The number of rotatable bonds is 0. The molecule has 2 heteroatoms. The fourth-order valence-electron chi connectivity index (χ4n) is 2.26. The smallest absolute Gasteiger partial charge is 0.0622 e. The lowest BCUT2D eigenvalue weighted by Crippen LogP contribution is -2.19. The van der Waals surface area contributed by atoms with E-state index in [2.05, 4.69) is 0 Å². The Morgan fingerprint density at radius 3 is 2.11 bits per heavy atom. The first-order valence-electron chi connectivity index (χ1n) is 3.65. The largest absolute Gasteiger partial charge is 0.393 e. The summed E-state index contributed by atoms with van der Waals surface area (Å²) >= 11 is 0. The Labute approximate surface area is 54.5 Å². The summed E-state index contributed by atoms with van der Waals surface area (Å²) in [5.41, 5.74) is 0. The normalized spacial score (nSPS) is 56.7. The van der Waals surface area contributed by atoms with Gasteiger partial charge in [0.1, 0.15) is 0 Å². The van der Waals surface area contributed by atoms with Gasteiger partial charge in [-0.05, 0) is 25.2 Å². The van der Waals surface area contributed by atoms with Crippen LogP contribution < -0.4 is 0 Å². The van der Waals surface area contributed by atoms with E-state index < -0.39 is 0 Å². The van der Waals surface area contributed by atoms with E-state index in [-0.39, 0.29) is 18.1 Å². The van der Waals surface area contributed by atoms with Crippen molar-refractivity contribution in [2.45, 2.75) is 31.5 Å². The van der Waals surface area contributed by atoms with E-state index in [1.54, 1.807) is 0 Å². The maximum absolute atomic E-state index is 9.34. The third-order valence-electron chi connectivity index (χ3n) is 2.83. The standard InChI is InChI=1S/C7H12O2/c8-6-3-4-1-2-5(6)7(4)9/h4-9H,1-3H2/t4-,5+,6?,7?/m1/s1. The number of hydrogen-bond donors (Lipinski definition) is 2. The molecule has 0 aromatic heterocycles. The Morgan fingerprint density at radius 1 is 1.11 bits per heavy atom. The van der Waals surface area contributed by atoms with Crippen LogP contribution in [-0.4, -0.2) is 22.4 Å². The Bertz CT molecular complexity index is 124. The molecule has 0 amide bonds. The fraction of sp³-hybridized carbons (Fsp3) is 1.00. The molecule has 52 valence electrons. The molecule has 0 radical (unpaired) electrons. The Balaban J connectivity index is 2.16. The summed E-state index contributed by atoms with van der Waals surface area (Å²) in [6.07, 6.45) is 2.63. The van der Waals surface area contributed by atoms with Crippen LogP contribution in [0.1, 0.15) is 19.3 Å². The van der Waals surface area contributed by atoms with Gasteiger partial charge in [-0.1, -0.05) is 0 Å². The molecule has 2 bridgehead atoms. The van der Waals surface area contributed by atoms with Crippen molar-refractivity contribution >= 4 is 0 Å². The van der Waals surface area contributed by atoms with Crippen LogP contribution in [0.4, 0.5) is 0 Å². The predicted octanol–water partition coefficient (Wildman–Crippen LogP) is 0.138. The van der Waals surface area contributed by atoms with Crippen molar-refractivity contribution in [3.63, 3.8) is 0 Å². The van der Waals surface area contributed by atoms with Crippen LogP contribution in [0.3, 0.4) is 0 Å². The quantitative estimate of drug-likeness (QED) is 0.487. The van der Waals surface area contributed by atoms with Crippen LogP contribution in [-0.2, 0) is 0 Å². The monoisotopic (exact) mass is 128 g/mol. The number of fused-ring (bicyclic) bond motifs is 2. The van der Waals surface area contributed by atoms with E-state index in [9.17, 15) is 10.2 Å². The van der Waals surface area contributed by atoms with Gasteiger partial charge in [-0.3, -0.25) is 0 Å². The lowest BCUT2D eigenvalue weighted by molar-refractivity contribution is 0.0738. The summed E-state index contributed by atoms with van der Waals surface area (Å²) in [7, 11) is 0. The topological polar surface area (TPSA) is 40.5 Å². The first-order valence-corrected chi connectivity index (χ1v) is 3.65. The van der Waals surface area contributed by atoms with Gasteiger partial charge in [-0.2, -0.15) is 0 Å². The van der Waals surface area contributed by atoms with Crippen LogP contribution in [0, 0.1) is 11.8 Å². The van der Waals surface area contributed by atoms with Gasteiger partial charge in [0, 0.05) is 5.92 Å². The molecule has 2 nitrogen and oxygen atoms in total. The van der Waals surface area contributed by atoms with Crippen LogP contribution in [0.2, 0.25) is 0 Å². The van der Waals surface area contributed by atoms with Crippen molar-refractivity contribution in [2.75, 3.05) is 0 Å². The Hall–Kier alpha value is -0.0800. The summed E-state index contributed by atoms with van der Waals surface area (Å²) in [6, 6.07) is 0. The highest BCUT2D eigenvalue weighted by molar-refractivity contribution is 4.96. The van der Waals surface area contributed by atoms with Crippen LogP contribution in [0.25, 0.3) is 0 Å². The third kappa shape index (κ3) is 0.634. The molecule has 2 N–H and O–H groups in total. The molecule has 0 aliphatic heterocycles. The fourth-order valence-corrected chi connectivity index (χ4v) is 2.26. The van der Waals surface area contributed by atoms with Gasteiger partial charge in [0.25, 0.3) is 0 Å². The molecular formula is C7H12O2. The SMILES string of the molecule is OC1C[C@H]2CC[C@@H]1C2O. The van der Waals surface area contributed by atoms with E-state index in [1.807, 2.05) is 0 Å². The molecule has 0 aromatic rings. The second-order valence-electron chi connectivity index (χ2n) is 3.29. The summed E-state index contributed by atoms with van der Waals surface area (Å²) in [5, 5.41) is 18.6. The first kappa shape index (κ1) is 5.69. The second kappa shape index (κ2) is 1.70. The molecule has 2 fully saturated rings. The van der Waals surface area contributed by atoms with Gasteiger partial charge in [0.2, 0.25) is 0 Å². The number of aliphatic hydroxyl groups is 2. The van der Waals surface area contributed by atoms with Crippen LogP contribution in [0.15, 0.2) is 0 Å². The van der Waals surface area contributed by atoms with Gasteiger partial charge < -0.3 is 10.2 Å². The highest BCUT2D eigenvalue weighted by Crippen LogP contribution is 2.44. The van der Waals surface area contributed by atoms with E-state index >= 15 is 0 Å². The molecule has 0 heterocycles. The molecule has 9 heavy (non-hydrogen) atoms. The molecule has 2 aliphatic rings. The highest BCUT2D eigenvalue weighted by Gasteiger charge is 2.46. The predicted molar refractivity (Wildman–Crippen MR) is 32.8 cm³/mol. The minimum Gasteiger partial charge on any atom is -0.393 e. The third-order valence-corrected chi connectivity index (χ3v) is 2.83. The van der Waals surface area contributed by atoms with Gasteiger partial charge in [-0.15, -0.1) is 0 Å². The molecular weight excluding hydrogens is 116 g/mol. The van der Waals surface area contributed by atoms with E-state index in [0.717, 1.165) is 19.3 Å². The molecule has 2 rings (SSSR count). The van der Waals surface area contributed by atoms with Crippen molar-refractivity contribution in [1.82, 2.24) is 0 Å². The van der Waals surface area contributed by atoms with Crippen LogP contribution >= 0.6 is 0 Å². The first-order chi connectivity index (χ1) is 4.29. The number of hydrogen-bond acceptors (Lipinski definition) is 2. The molecule has 2 saturated carbocycles. The van der Waals surface area contributed by atoms with Crippen LogP contribution in [0.5, 0.6) is 0 Å². The summed E-state index contributed by atoms with van der Waals surface area (Å²) in [5.74, 6) is 0.639. The lowest BCUT2D eigenvalue weighted by Gasteiger charge is -2.13. The molecule has 4 atom stereocenters. The zero-order valence-electron chi connectivity index (χ0n) is 5.33. The van der Waals surface area contributed by atoms with Gasteiger partial charge >= 0.3 is 0 Å². The van der Waals surface area contributed by atoms with Gasteiger partial charge in [0.05, 0.1) is 12.2 Å². The molecule has 2 aliphatic carbocycles. The van der Waals surface area contributed by atoms with E-state index in [1.165, 1.54) is 0 Å². The molecule has 2 unspecified atom stereocenters. The zero-order valence-corrected chi connectivity index (χ0v) is 5.33. The average Bonchev–Trinajstić information content (AvgIpc) is 2.25. The van der Waals surface area contributed by atoms with Gasteiger partial charge in [0.15, 0.2) is 0 Å². The van der Waals surface area contributed by atoms with E-state index in [4.69, 9.17) is 0 Å². The zero-order chi connectivity index (χ0) is 6.43. The van der Waals surface area contributed by atoms with E-state index in [0.29, 0.717) is 5.92 Å². The van der Waals surface area contributed by atoms with Gasteiger partial charge in [-0.25, -0.2) is 0 Å². The summed E-state index contributed by atoms with van der Waals surface area (Å²) < 4.78 is 0. The second-order valence-corrected chi connectivity index (χ2v) is 3.29. The summed E-state index contributed by atoms with van der Waals surface area (Å²) in [6.45, 7) is 0. The minimum absolute atomic E-state index is 0.181. The van der Waals surface area contributed by atoms with Crippen molar-refractivity contribution in [3.05, 3.63) is 0 Å².